The van der Waals surface area contributed by atoms with Gasteiger partial charge in [-0.1, -0.05) is 62.8 Å². The number of hydrogen-bond donors (Lipinski definition) is 0. The van der Waals surface area contributed by atoms with Crippen molar-refractivity contribution in [1.82, 2.24) is 0 Å². The highest BCUT2D eigenvalue weighted by Gasteiger charge is 2.14. The SMILES string of the molecule is C1=C(/c2ccc3c(c2)CC3)CCCCCCCCCC/1. The molecule has 108 valence electrons. The molecular formula is C20H28. The van der Waals surface area contributed by atoms with Crippen molar-refractivity contribution in [3.05, 3.63) is 41.0 Å². The molecule has 0 aromatic heterocycles. The van der Waals surface area contributed by atoms with Crippen LogP contribution in [0.5, 0.6) is 0 Å². The Kier molecular flexibility index (Phi) is 4.95. The minimum atomic E-state index is 1.28. The van der Waals surface area contributed by atoms with E-state index in [1.807, 2.05) is 0 Å². The van der Waals surface area contributed by atoms with Crippen LogP contribution >= 0.6 is 0 Å². The highest BCUT2D eigenvalue weighted by Crippen LogP contribution is 2.30. The van der Waals surface area contributed by atoms with Gasteiger partial charge < -0.3 is 0 Å². The molecule has 2 aliphatic rings. The van der Waals surface area contributed by atoms with Crippen LogP contribution in [0.1, 0.15) is 80.9 Å². The molecule has 0 heteroatoms. The van der Waals surface area contributed by atoms with Gasteiger partial charge in [-0.3, -0.25) is 0 Å². The van der Waals surface area contributed by atoms with Crippen molar-refractivity contribution in [2.75, 3.05) is 0 Å². The van der Waals surface area contributed by atoms with Crippen LogP contribution in [0.15, 0.2) is 24.3 Å². The third kappa shape index (κ3) is 3.53. The van der Waals surface area contributed by atoms with E-state index in [9.17, 15) is 0 Å². The van der Waals surface area contributed by atoms with Gasteiger partial charge in [0.1, 0.15) is 0 Å². The lowest BCUT2D eigenvalue weighted by atomic mass is 9.85. The van der Waals surface area contributed by atoms with Crippen LogP contribution in [0, 0.1) is 0 Å². The standard InChI is InChI=1S/C20H28/c1-2-4-6-8-10-17(11-9-7-5-3-1)19-14-12-18-13-15-20(18)16-19/h10,12,14,16H,1-9,11,13,15H2/b17-10+. The molecule has 0 fully saturated rings. The Labute approximate surface area is 124 Å². The summed E-state index contributed by atoms with van der Waals surface area (Å²) in [6.45, 7) is 0. The van der Waals surface area contributed by atoms with Gasteiger partial charge in [-0.2, -0.15) is 0 Å². The van der Waals surface area contributed by atoms with Crippen molar-refractivity contribution < 1.29 is 0 Å². The molecule has 0 unspecified atom stereocenters. The van der Waals surface area contributed by atoms with Gasteiger partial charge in [0.05, 0.1) is 0 Å². The number of benzene rings is 1. The van der Waals surface area contributed by atoms with Gasteiger partial charge in [-0.15, -0.1) is 0 Å². The van der Waals surface area contributed by atoms with Crippen LogP contribution in [-0.2, 0) is 12.8 Å². The molecule has 0 heterocycles. The molecule has 3 rings (SSSR count). The average molecular weight is 268 g/mol. The number of rotatable bonds is 1. The van der Waals surface area contributed by atoms with Crippen LogP contribution in [-0.4, -0.2) is 0 Å². The van der Waals surface area contributed by atoms with Crippen molar-refractivity contribution >= 4 is 5.57 Å². The van der Waals surface area contributed by atoms with Crippen LogP contribution < -0.4 is 0 Å². The van der Waals surface area contributed by atoms with Crippen LogP contribution in [0.4, 0.5) is 0 Å². The molecule has 20 heavy (non-hydrogen) atoms. The smallest absolute Gasteiger partial charge is 0.0225 e. The van der Waals surface area contributed by atoms with Crippen LogP contribution in [0.2, 0.25) is 0 Å². The van der Waals surface area contributed by atoms with Crippen LogP contribution in [0.3, 0.4) is 0 Å². The van der Waals surface area contributed by atoms with E-state index in [-0.39, 0.29) is 0 Å². The van der Waals surface area contributed by atoms with Gasteiger partial charge in [-0.25, -0.2) is 0 Å². The normalized spacial score (nSPS) is 23.5. The van der Waals surface area contributed by atoms with Crippen molar-refractivity contribution in [3.63, 3.8) is 0 Å². The Balaban J connectivity index is 1.70. The second-order valence-corrected chi connectivity index (χ2v) is 6.58. The number of aryl methyl sites for hydroxylation is 2. The summed E-state index contributed by atoms with van der Waals surface area (Å²) < 4.78 is 0. The summed E-state index contributed by atoms with van der Waals surface area (Å²) in [5, 5.41) is 0. The molecule has 1 aromatic carbocycles. The largest absolute Gasteiger partial charge is 0.0807 e. The fourth-order valence-electron chi connectivity index (χ4n) is 3.56. The minimum Gasteiger partial charge on any atom is -0.0807 e. The third-order valence-electron chi connectivity index (χ3n) is 5.03. The maximum Gasteiger partial charge on any atom is -0.0225 e. The zero-order valence-electron chi connectivity index (χ0n) is 12.8. The number of hydrogen-bond acceptors (Lipinski definition) is 0. The zero-order valence-corrected chi connectivity index (χ0v) is 12.8. The molecule has 0 N–H and O–H groups in total. The maximum atomic E-state index is 2.54. The summed E-state index contributed by atoms with van der Waals surface area (Å²) in [6.07, 6.45) is 19.1. The number of allylic oxidation sites excluding steroid dienone is 2. The molecule has 2 aliphatic carbocycles. The van der Waals surface area contributed by atoms with E-state index in [0.29, 0.717) is 0 Å². The Morgan fingerprint density at radius 1 is 0.600 bits per heavy atom. The Bertz CT molecular complexity index is 467. The fourth-order valence-corrected chi connectivity index (χ4v) is 3.56. The van der Waals surface area contributed by atoms with E-state index in [1.54, 1.807) is 16.7 Å². The van der Waals surface area contributed by atoms with E-state index < -0.39 is 0 Å². The van der Waals surface area contributed by atoms with Gasteiger partial charge >= 0.3 is 0 Å². The molecule has 0 radical (unpaired) electrons. The Morgan fingerprint density at radius 2 is 1.30 bits per heavy atom. The third-order valence-corrected chi connectivity index (χ3v) is 5.03. The maximum absolute atomic E-state index is 2.54. The van der Waals surface area contributed by atoms with E-state index in [1.165, 1.54) is 82.6 Å². The van der Waals surface area contributed by atoms with E-state index in [2.05, 4.69) is 24.3 Å². The molecule has 0 bridgehead atoms. The molecule has 0 nitrogen and oxygen atoms in total. The lowest BCUT2D eigenvalue weighted by Gasteiger charge is -2.20. The summed E-state index contributed by atoms with van der Waals surface area (Å²) in [5.41, 5.74) is 6.33. The first kappa shape index (κ1) is 13.9. The summed E-state index contributed by atoms with van der Waals surface area (Å²) in [5.74, 6) is 0. The van der Waals surface area contributed by atoms with Gasteiger partial charge in [0, 0.05) is 0 Å². The van der Waals surface area contributed by atoms with Gasteiger partial charge in [-0.05, 0) is 60.8 Å². The predicted octanol–water partition coefficient (Wildman–Crippen LogP) is 6.08. The van der Waals surface area contributed by atoms with Crippen molar-refractivity contribution in [3.8, 4) is 0 Å². The van der Waals surface area contributed by atoms with Crippen molar-refractivity contribution in [2.45, 2.75) is 77.0 Å². The van der Waals surface area contributed by atoms with Crippen molar-refractivity contribution in [1.29, 1.82) is 0 Å². The molecule has 1 aromatic rings. The lowest BCUT2D eigenvalue weighted by molar-refractivity contribution is 0.568. The monoisotopic (exact) mass is 268 g/mol. The van der Waals surface area contributed by atoms with E-state index in [4.69, 9.17) is 0 Å². The van der Waals surface area contributed by atoms with Gasteiger partial charge in [0.2, 0.25) is 0 Å². The molecule has 0 spiro atoms. The first-order valence-corrected chi connectivity index (χ1v) is 8.75. The van der Waals surface area contributed by atoms with E-state index >= 15 is 0 Å². The average Bonchev–Trinajstić information content (AvgIpc) is 2.41. The fraction of sp³-hybridized carbons (Fsp3) is 0.600. The highest BCUT2D eigenvalue weighted by atomic mass is 14.2. The summed E-state index contributed by atoms with van der Waals surface area (Å²) >= 11 is 0. The second kappa shape index (κ2) is 7.11. The first-order valence-electron chi connectivity index (χ1n) is 8.75. The minimum absolute atomic E-state index is 1.28. The van der Waals surface area contributed by atoms with Gasteiger partial charge in [0.25, 0.3) is 0 Å². The molecule has 0 saturated heterocycles. The quantitative estimate of drug-likeness (QED) is 0.578. The predicted molar refractivity (Wildman–Crippen MR) is 88.0 cm³/mol. The van der Waals surface area contributed by atoms with Gasteiger partial charge in [0.15, 0.2) is 0 Å². The summed E-state index contributed by atoms with van der Waals surface area (Å²) in [7, 11) is 0. The molecule has 0 amide bonds. The van der Waals surface area contributed by atoms with E-state index in [0.717, 1.165) is 0 Å². The molecule has 0 saturated carbocycles. The van der Waals surface area contributed by atoms with Crippen molar-refractivity contribution in [2.24, 2.45) is 0 Å². The Hall–Kier alpha value is -1.04. The summed E-state index contributed by atoms with van der Waals surface area (Å²) in [6, 6.07) is 7.21. The Morgan fingerprint density at radius 3 is 2.00 bits per heavy atom. The zero-order chi connectivity index (χ0) is 13.6. The topological polar surface area (TPSA) is 0 Å². The van der Waals surface area contributed by atoms with Crippen LogP contribution in [0.25, 0.3) is 5.57 Å². The number of fused-ring (bicyclic) bond motifs is 1. The first-order chi connectivity index (χ1) is 9.93. The second-order valence-electron chi connectivity index (χ2n) is 6.58. The summed E-state index contributed by atoms with van der Waals surface area (Å²) in [4.78, 5) is 0. The molecule has 0 atom stereocenters. The molecular weight excluding hydrogens is 240 g/mol. The molecule has 0 aliphatic heterocycles. The highest BCUT2D eigenvalue weighted by molar-refractivity contribution is 5.67. The lowest BCUT2D eigenvalue weighted by Crippen LogP contribution is -2.08.